The average Bonchev–Trinajstić information content (AvgIpc) is 3.39. The lowest BCUT2D eigenvalue weighted by molar-refractivity contribution is 0.0500. The predicted octanol–water partition coefficient (Wildman–Crippen LogP) is 4.99. The number of likely N-dealkylation sites (N-methyl/N-ethyl adjacent to an activating group) is 1. The number of carbonyl (C=O) groups excluding carboxylic acids is 1. The van der Waals surface area contributed by atoms with Gasteiger partial charge in [-0.3, -0.25) is 4.90 Å². The first-order valence-corrected chi connectivity index (χ1v) is 14.4. The highest BCUT2D eigenvalue weighted by molar-refractivity contribution is 7.98. The average molecular weight is 554 g/mol. The summed E-state index contributed by atoms with van der Waals surface area (Å²) in [6.07, 6.45) is -0.522. The van der Waals surface area contributed by atoms with E-state index in [1.807, 2.05) is 57.2 Å². The molecule has 1 aromatic heterocycles. The summed E-state index contributed by atoms with van der Waals surface area (Å²) < 4.78 is 16.4. The van der Waals surface area contributed by atoms with Crippen LogP contribution in [-0.4, -0.2) is 77.7 Å². The summed E-state index contributed by atoms with van der Waals surface area (Å²) in [5.74, 6) is 2.96. The number of benzene rings is 2. The van der Waals surface area contributed by atoms with E-state index in [-0.39, 0.29) is 0 Å². The van der Waals surface area contributed by atoms with Gasteiger partial charge in [-0.2, -0.15) is 16.7 Å². The SMILES string of the molecule is COc1ccc(CSC[C@H](NC(=O)OC(C)(C)C)c2nc(-c3cccc(CN4CCN(C)CC4)c3)no2)cc1. The minimum atomic E-state index is -0.616. The molecule has 0 saturated carbocycles. The Morgan fingerprint density at radius 1 is 1.10 bits per heavy atom. The van der Waals surface area contributed by atoms with Crippen LogP contribution in [0.15, 0.2) is 53.1 Å². The number of carbonyl (C=O) groups is 1. The number of rotatable bonds is 10. The molecule has 0 aliphatic carbocycles. The van der Waals surface area contributed by atoms with Crippen LogP contribution in [0, 0.1) is 0 Å². The van der Waals surface area contributed by atoms with E-state index in [1.54, 1.807) is 18.9 Å². The third-order valence-corrected chi connectivity index (χ3v) is 7.44. The third-order valence-electron chi connectivity index (χ3n) is 6.33. The first-order chi connectivity index (χ1) is 18.7. The van der Waals surface area contributed by atoms with Crippen molar-refractivity contribution in [1.29, 1.82) is 0 Å². The monoisotopic (exact) mass is 553 g/mol. The van der Waals surface area contributed by atoms with Crippen LogP contribution in [-0.2, 0) is 17.0 Å². The highest BCUT2D eigenvalue weighted by Crippen LogP contribution is 2.25. The molecule has 0 spiro atoms. The van der Waals surface area contributed by atoms with Crippen LogP contribution in [0.1, 0.15) is 43.8 Å². The van der Waals surface area contributed by atoms with Gasteiger partial charge >= 0.3 is 6.09 Å². The summed E-state index contributed by atoms with van der Waals surface area (Å²) >= 11 is 1.66. The Kier molecular flexibility index (Phi) is 9.88. The van der Waals surface area contributed by atoms with Crippen molar-refractivity contribution in [2.45, 2.75) is 44.7 Å². The topological polar surface area (TPSA) is 93.0 Å². The van der Waals surface area contributed by atoms with Crippen LogP contribution in [0.4, 0.5) is 4.79 Å². The molecule has 3 aromatic rings. The molecule has 1 aliphatic rings. The van der Waals surface area contributed by atoms with Crippen LogP contribution in [0.25, 0.3) is 11.4 Å². The molecule has 1 aliphatic heterocycles. The van der Waals surface area contributed by atoms with Crippen LogP contribution in [0.3, 0.4) is 0 Å². The molecular weight excluding hydrogens is 514 g/mol. The van der Waals surface area contributed by atoms with E-state index in [1.165, 1.54) is 5.56 Å². The Morgan fingerprint density at radius 3 is 2.54 bits per heavy atom. The van der Waals surface area contributed by atoms with Gasteiger partial charge in [0.1, 0.15) is 17.4 Å². The summed E-state index contributed by atoms with van der Waals surface area (Å²) in [7, 11) is 3.81. The molecule has 210 valence electrons. The van der Waals surface area contributed by atoms with Gasteiger partial charge in [-0.1, -0.05) is 35.5 Å². The zero-order valence-electron chi connectivity index (χ0n) is 23.5. The second kappa shape index (κ2) is 13.3. The lowest BCUT2D eigenvalue weighted by atomic mass is 10.1. The van der Waals surface area contributed by atoms with E-state index in [0.29, 0.717) is 17.5 Å². The van der Waals surface area contributed by atoms with Gasteiger partial charge in [0.2, 0.25) is 5.82 Å². The van der Waals surface area contributed by atoms with Gasteiger partial charge in [-0.15, -0.1) is 0 Å². The molecule has 1 amide bonds. The smallest absolute Gasteiger partial charge is 0.408 e. The number of thioether (sulfide) groups is 1. The number of piperazine rings is 1. The maximum atomic E-state index is 12.6. The molecule has 1 fully saturated rings. The number of aromatic nitrogens is 2. The standard InChI is InChI=1S/C29H39N5O4S/c1-29(2,3)37-28(35)30-25(20-39-19-21-9-11-24(36-5)12-10-21)27-31-26(32-38-27)23-8-6-7-22(17-23)18-34-15-13-33(4)14-16-34/h6-12,17,25H,13-16,18-20H2,1-5H3,(H,30,35)/t25-/m0/s1. The van der Waals surface area contributed by atoms with E-state index >= 15 is 0 Å². The lowest BCUT2D eigenvalue weighted by Crippen LogP contribution is -2.43. The Hall–Kier alpha value is -3.08. The number of nitrogens with one attached hydrogen (secondary N) is 1. The molecule has 39 heavy (non-hydrogen) atoms. The molecule has 1 N–H and O–H groups in total. The van der Waals surface area contributed by atoms with Crippen LogP contribution < -0.4 is 10.1 Å². The molecule has 0 radical (unpaired) electrons. The minimum Gasteiger partial charge on any atom is -0.497 e. The maximum Gasteiger partial charge on any atom is 0.408 e. The van der Waals surface area contributed by atoms with Crippen molar-refractivity contribution < 1.29 is 18.8 Å². The quantitative estimate of drug-likeness (QED) is 0.373. The van der Waals surface area contributed by atoms with E-state index in [4.69, 9.17) is 14.0 Å². The fourth-order valence-electron chi connectivity index (χ4n) is 4.21. The zero-order chi connectivity index (χ0) is 27.8. The highest BCUT2D eigenvalue weighted by atomic mass is 32.2. The van der Waals surface area contributed by atoms with E-state index < -0.39 is 17.7 Å². The first kappa shape index (κ1) is 28.9. The number of amides is 1. The number of hydrogen-bond acceptors (Lipinski definition) is 9. The summed E-state index contributed by atoms with van der Waals surface area (Å²) in [6.45, 7) is 10.7. The number of methoxy groups -OCH3 is 1. The molecular formula is C29H39N5O4S. The normalized spacial score (nSPS) is 15.6. The van der Waals surface area contributed by atoms with Gasteiger partial charge in [0.25, 0.3) is 5.89 Å². The lowest BCUT2D eigenvalue weighted by Gasteiger charge is -2.32. The fourth-order valence-corrected chi connectivity index (χ4v) is 5.22. The third kappa shape index (κ3) is 8.98. The Bertz CT molecular complexity index is 1200. The van der Waals surface area contributed by atoms with Gasteiger partial charge in [0.05, 0.1) is 7.11 Å². The molecule has 1 saturated heterocycles. The molecule has 10 heteroatoms. The number of ether oxygens (including phenoxy) is 2. The Morgan fingerprint density at radius 2 is 1.85 bits per heavy atom. The van der Waals surface area contributed by atoms with Gasteiger partial charge in [0, 0.05) is 49.8 Å². The molecule has 4 rings (SSSR count). The fraction of sp³-hybridized carbons (Fsp3) is 0.483. The van der Waals surface area contributed by atoms with Crippen molar-refractivity contribution in [1.82, 2.24) is 25.3 Å². The largest absolute Gasteiger partial charge is 0.497 e. The van der Waals surface area contributed by atoms with Crippen molar-refractivity contribution in [3.8, 4) is 17.1 Å². The predicted molar refractivity (Wildman–Crippen MR) is 154 cm³/mol. The van der Waals surface area contributed by atoms with Gasteiger partial charge in [-0.25, -0.2) is 4.79 Å². The van der Waals surface area contributed by atoms with Gasteiger partial charge in [-0.05, 0) is 57.1 Å². The zero-order valence-corrected chi connectivity index (χ0v) is 24.3. The van der Waals surface area contributed by atoms with E-state index in [9.17, 15) is 4.79 Å². The van der Waals surface area contributed by atoms with Crippen molar-refractivity contribution in [2.24, 2.45) is 0 Å². The number of hydrogen-bond donors (Lipinski definition) is 1. The molecule has 2 aromatic carbocycles. The van der Waals surface area contributed by atoms with Crippen LogP contribution in [0.2, 0.25) is 0 Å². The summed E-state index contributed by atoms with van der Waals surface area (Å²) in [5.41, 5.74) is 2.63. The number of alkyl carbamates (subject to hydrolysis) is 1. The Labute approximate surface area is 235 Å². The van der Waals surface area contributed by atoms with E-state index in [2.05, 4.69) is 44.4 Å². The molecule has 0 bridgehead atoms. The van der Waals surface area contributed by atoms with Crippen LogP contribution in [0.5, 0.6) is 5.75 Å². The molecule has 2 heterocycles. The van der Waals surface area contributed by atoms with Crippen molar-refractivity contribution >= 4 is 17.9 Å². The molecule has 1 atom stereocenters. The van der Waals surface area contributed by atoms with E-state index in [0.717, 1.165) is 55.4 Å². The summed E-state index contributed by atoms with van der Waals surface area (Å²) in [6, 6.07) is 15.7. The highest BCUT2D eigenvalue weighted by Gasteiger charge is 2.25. The van der Waals surface area contributed by atoms with Gasteiger partial charge in [0.15, 0.2) is 0 Å². The number of nitrogens with zero attached hydrogens (tertiary/aromatic N) is 4. The van der Waals surface area contributed by atoms with Crippen molar-refractivity contribution in [2.75, 3.05) is 46.1 Å². The summed E-state index contributed by atoms with van der Waals surface area (Å²) in [4.78, 5) is 22.1. The summed E-state index contributed by atoms with van der Waals surface area (Å²) in [5, 5.41) is 7.17. The first-order valence-electron chi connectivity index (χ1n) is 13.2. The van der Waals surface area contributed by atoms with Crippen LogP contribution >= 0.6 is 11.8 Å². The minimum absolute atomic E-state index is 0.350. The van der Waals surface area contributed by atoms with Crippen molar-refractivity contribution in [3.63, 3.8) is 0 Å². The molecule has 0 unspecified atom stereocenters. The second-order valence-corrected chi connectivity index (χ2v) is 11.8. The maximum absolute atomic E-state index is 12.6. The molecule has 9 nitrogen and oxygen atoms in total. The Balaban J connectivity index is 1.44. The van der Waals surface area contributed by atoms with Crippen molar-refractivity contribution in [3.05, 3.63) is 65.5 Å². The van der Waals surface area contributed by atoms with Gasteiger partial charge < -0.3 is 24.2 Å². The second-order valence-electron chi connectivity index (χ2n) is 10.8.